The highest BCUT2D eigenvalue weighted by atomic mass is 16.3. The topological polar surface area (TPSA) is 47.3 Å². The first-order chi connectivity index (χ1) is 10.2. The van der Waals surface area contributed by atoms with Crippen LogP contribution in [0.25, 0.3) is 0 Å². The Morgan fingerprint density at radius 2 is 1.67 bits per heavy atom. The van der Waals surface area contributed by atoms with Gasteiger partial charge in [0.05, 0.1) is 6.07 Å². The molecule has 2 aromatic rings. The van der Waals surface area contributed by atoms with Crippen molar-refractivity contribution in [3.63, 3.8) is 0 Å². The molecule has 106 valence electrons. The zero-order valence-corrected chi connectivity index (χ0v) is 12.0. The monoisotopic (exact) mass is 278 g/mol. The van der Waals surface area contributed by atoms with E-state index in [4.69, 9.17) is 0 Å². The average Bonchev–Trinajstić information content (AvgIpc) is 2.80. The van der Waals surface area contributed by atoms with Gasteiger partial charge in [0.2, 0.25) is 0 Å². The molecule has 0 aliphatic carbocycles. The fraction of sp³-hybridized carbons (Fsp3) is 0.278. The Bertz CT molecular complexity index is 650. The molecule has 0 amide bonds. The number of anilines is 1. The van der Waals surface area contributed by atoms with Gasteiger partial charge in [-0.2, -0.15) is 5.26 Å². The number of hydrogen-bond donors (Lipinski definition) is 1. The van der Waals surface area contributed by atoms with Crippen LogP contribution in [0.3, 0.4) is 0 Å². The average molecular weight is 278 g/mol. The lowest BCUT2D eigenvalue weighted by Crippen LogP contribution is -2.46. The molecule has 0 radical (unpaired) electrons. The highest BCUT2D eigenvalue weighted by molar-refractivity contribution is 5.57. The molecule has 0 spiro atoms. The normalized spacial score (nSPS) is 28.3. The lowest BCUT2D eigenvalue weighted by Gasteiger charge is -2.38. The van der Waals surface area contributed by atoms with Crippen LogP contribution >= 0.6 is 0 Å². The first-order valence-electron chi connectivity index (χ1n) is 7.19. The molecule has 1 N–H and O–H groups in total. The van der Waals surface area contributed by atoms with E-state index in [9.17, 15) is 10.4 Å². The molecule has 0 saturated carbocycles. The molecule has 1 aliphatic heterocycles. The number of hydrogen-bond acceptors (Lipinski definition) is 3. The Labute approximate surface area is 125 Å². The van der Waals surface area contributed by atoms with Gasteiger partial charge < -0.3 is 10.0 Å². The fourth-order valence-corrected chi connectivity index (χ4v) is 3.37. The van der Waals surface area contributed by atoms with Crippen LogP contribution in [0.5, 0.6) is 0 Å². The van der Waals surface area contributed by atoms with Crippen molar-refractivity contribution in [1.82, 2.24) is 0 Å². The van der Waals surface area contributed by atoms with Gasteiger partial charge >= 0.3 is 0 Å². The molecule has 3 atom stereocenters. The van der Waals surface area contributed by atoms with Crippen LogP contribution in [0.4, 0.5) is 5.69 Å². The Morgan fingerprint density at radius 1 is 1.10 bits per heavy atom. The highest BCUT2D eigenvalue weighted by Gasteiger charge is 2.52. The molecule has 1 fully saturated rings. The van der Waals surface area contributed by atoms with Crippen molar-refractivity contribution < 1.29 is 5.11 Å². The Kier molecular flexibility index (Phi) is 3.40. The molecule has 2 aromatic carbocycles. The predicted octanol–water partition coefficient (Wildman–Crippen LogP) is 3.27. The van der Waals surface area contributed by atoms with Crippen molar-refractivity contribution in [2.45, 2.75) is 25.1 Å². The van der Waals surface area contributed by atoms with Gasteiger partial charge in [0.1, 0.15) is 6.23 Å². The smallest absolute Gasteiger partial charge is 0.158 e. The second kappa shape index (κ2) is 5.23. The molecule has 1 aliphatic rings. The largest absolute Gasteiger partial charge is 0.374 e. The van der Waals surface area contributed by atoms with Crippen molar-refractivity contribution in [2.24, 2.45) is 5.92 Å². The number of rotatable bonds is 2. The molecule has 0 bridgehead atoms. The third kappa shape index (κ3) is 2.00. The summed E-state index contributed by atoms with van der Waals surface area (Å²) in [6.07, 6.45) is -0.0700. The molecule has 1 saturated heterocycles. The van der Waals surface area contributed by atoms with E-state index < -0.39 is 11.8 Å². The van der Waals surface area contributed by atoms with E-state index in [-0.39, 0.29) is 5.92 Å². The van der Waals surface area contributed by atoms with E-state index in [1.54, 1.807) is 0 Å². The summed E-state index contributed by atoms with van der Waals surface area (Å²) >= 11 is 0. The van der Waals surface area contributed by atoms with E-state index >= 15 is 0 Å². The van der Waals surface area contributed by atoms with E-state index in [0.717, 1.165) is 11.3 Å². The molecule has 21 heavy (non-hydrogen) atoms. The highest BCUT2D eigenvalue weighted by Crippen LogP contribution is 2.47. The summed E-state index contributed by atoms with van der Waals surface area (Å²) in [4.78, 5) is 1.85. The number of aliphatic hydroxyl groups is 1. The summed E-state index contributed by atoms with van der Waals surface area (Å²) in [6.45, 7) is 2.03. The van der Waals surface area contributed by atoms with Gasteiger partial charge in [-0.15, -0.1) is 0 Å². The third-order valence-electron chi connectivity index (χ3n) is 4.37. The van der Waals surface area contributed by atoms with Gasteiger partial charge in [0, 0.05) is 11.6 Å². The third-order valence-corrected chi connectivity index (χ3v) is 4.37. The Hall–Kier alpha value is -2.31. The van der Waals surface area contributed by atoms with E-state index in [1.807, 2.05) is 72.5 Å². The molecule has 1 heterocycles. The molecule has 3 nitrogen and oxygen atoms in total. The van der Waals surface area contributed by atoms with Gasteiger partial charge in [-0.25, -0.2) is 0 Å². The molecular weight excluding hydrogens is 260 g/mol. The fourth-order valence-electron chi connectivity index (χ4n) is 3.37. The summed E-state index contributed by atoms with van der Waals surface area (Å²) in [7, 11) is 0. The molecular formula is C18H18N2O. The standard InChI is InChI=1S/C18H18N2O/c1-14-12-17(21)20(16-10-6-3-7-11-16)18(14,13-19)15-8-4-2-5-9-15/h2-11,14,17,21H,12H2,1H3. The minimum atomic E-state index is -0.831. The maximum Gasteiger partial charge on any atom is 0.158 e. The lowest BCUT2D eigenvalue weighted by atomic mass is 9.80. The predicted molar refractivity (Wildman–Crippen MR) is 82.4 cm³/mol. The number of nitriles is 1. The van der Waals surface area contributed by atoms with Crippen LogP contribution in [-0.4, -0.2) is 11.3 Å². The SMILES string of the molecule is CC1CC(O)N(c2ccccc2)C1(C#N)c1ccccc1. The minimum absolute atomic E-state index is 0.0418. The first-order valence-corrected chi connectivity index (χ1v) is 7.19. The van der Waals surface area contributed by atoms with Crippen molar-refractivity contribution in [3.8, 4) is 6.07 Å². The Morgan fingerprint density at radius 3 is 2.24 bits per heavy atom. The quantitative estimate of drug-likeness (QED) is 0.917. The Balaban J connectivity index is 2.19. The first kappa shape index (κ1) is 13.7. The van der Waals surface area contributed by atoms with Gasteiger partial charge in [-0.05, 0) is 24.1 Å². The molecule has 3 unspecified atom stereocenters. The summed E-state index contributed by atoms with van der Waals surface area (Å²) in [5.74, 6) is 0.0418. The molecule has 3 heteroatoms. The van der Waals surface area contributed by atoms with Crippen molar-refractivity contribution >= 4 is 5.69 Å². The summed E-state index contributed by atoms with van der Waals surface area (Å²) in [5, 5.41) is 20.5. The second-order valence-electron chi connectivity index (χ2n) is 5.57. The number of benzene rings is 2. The van der Waals surface area contributed by atoms with Crippen LogP contribution in [-0.2, 0) is 5.54 Å². The van der Waals surface area contributed by atoms with Crippen LogP contribution in [0.15, 0.2) is 60.7 Å². The number of aliphatic hydroxyl groups excluding tert-OH is 1. The maximum absolute atomic E-state index is 10.5. The van der Waals surface area contributed by atoms with Crippen LogP contribution in [0.2, 0.25) is 0 Å². The van der Waals surface area contributed by atoms with Crippen molar-refractivity contribution in [3.05, 3.63) is 66.2 Å². The van der Waals surface area contributed by atoms with Gasteiger partial charge in [0.15, 0.2) is 5.54 Å². The van der Waals surface area contributed by atoms with E-state index in [1.165, 1.54) is 0 Å². The second-order valence-corrected chi connectivity index (χ2v) is 5.57. The maximum atomic E-state index is 10.5. The lowest BCUT2D eigenvalue weighted by molar-refractivity contribution is 0.177. The molecule has 3 rings (SSSR count). The van der Waals surface area contributed by atoms with Gasteiger partial charge in [-0.3, -0.25) is 0 Å². The van der Waals surface area contributed by atoms with Crippen LogP contribution in [0, 0.1) is 17.2 Å². The minimum Gasteiger partial charge on any atom is -0.374 e. The van der Waals surface area contributed by atoms with Crippen molar-refractivity contribution in [1.29, 1.82) is 5.26 Å². The number of nitrogens with zero attached hydrogens (tertiary/aromatic N) is 2. The van der Waals surface area contributed by atoms with Crippen molar-refractivity contribution in [2.75, 3.05) is 4.90 Å². The summed E-state index contributed by atoms with van der Waals surface area (Å²) < 4.78 is 0. The van der Waals surface area contributed by atoms with Crippen LogP contribution in [0.1, 0.15) is 18.9 Å². The summed E-state index contributed by atoms with van der Waals surface area (Å²) in [5.41, 5.74) is 0.974. The van der Waals surface area contributed by atoms with Gasteiger partial charge in [0.25, 0.3) is 0 Å². The number of para-hydroxylation sites is 1. The molecule has 0 aromatic heterocycles. The van der Waals surface area contributed by atoms with E-state index in [0.29, 0.717) is 6.42 Å². The van der Waals surface area contributed by atoms with E-state index in [2.05, 4.69) is 6.07 Å². The zero-order chi connectivity index (χ0) is 14.9. The zero-order valence-electron chi connectivity index (χ0n) is 12.0. The van der Waals surface area contributed by atoms with Gasteiger partial charge in [-0.1, -0.05) is 55.5 Å². The van der Waals surface area contributed by atoms with Crippen LogP contribution < -0.4 is 4.90 Å². The summed E-state index contributed by atoms with van der Waals surface area (Å²) in [6, 6.07) is 21.9.